The molecule has 1 aliphatic heterocycles. The highest BCUT2D eigenvalue weighted by atomic mass is 19.1. The largest absolute Gasteiger partial charge is 0.482 e. The van der Waals surface area contributed by atoms with Gasteiger partial charge in [-0.15, -0.1) is 0 Å². The quantitative estimate of drug-likeness (QED) is 0.172. The molecule has 0 saturated heterocycles. The molecule has 5 nitrogen and oxygen atoms in total. The number of hydrogen-bond acceptors (Lipinski definition) is 5. The molecule has 0 spiro atoms. The van der Waals surface area contributed by atoms with Gasteiger partial charge in [-0.2, -0.15) is 5.26 Å². The van der Waals surface area contributed by atoms with Crippen molar-refractivity contribution in [3.8, 4) is 90.5 Å². The first kappa shape index (κ1) is 33.6. The predicted molar refractivity (Wildman–Crippen MR) is 216 cm³/mol. The molecule has 9 rings (SSSR count). The minimum absolute atomic E-state index is 0.304. The van der Waals surface area contributed by atoms with E-state index in [0.717, 1.165) is 72.5 Å². The van der Waals surface area contributed by atoms with Crippen LogP contribution < -0.4 is 4.74 Å². The maximum atomic E-state index is 14.2. The molecule has 55 heavy (non-hydrogen) atoms. The van der Waals surface area contributed by atoms with Crippen LogP contribution in [0.4, 0.5) is 4.39 Å². The highest BCUT2D eigenvalue weighted by molar-refractivity contribution is 5.84. The molecule has 262 valence electrons. The van der Waals surface area contributed by atoms with Gasteiger partial charge in [0, 0.05) is 27.8 Å². The van der Waals surface area contributed by atoms with Gasteiger partial charge in [0.15, 0.2) is 17.5 Å². The summed E-state index contributed by atoms with van der Waals surface area (Å²) in [5, 5.41) is 9.47. The van der Waals surface area contributed by atoms with E-state index in [0.29, 0.717) is 23.0 Å². The predicted octanol–water partition coefficient (Wildman–Crippen LogP) is 12.2. The number of nitriles is 1. The molecular formula is C49H33FN4O. The van der Waals surface area contributed by atoms with Gasteiger partial charge < -0.3 is 4.74 Å². The maximum Gasteiger partial charge on any atom is 0.164 e. The zero-order valence-electron chi connectivity index (χ0n) is 30.2. The molecular weight excluding hydrogens is 680 g/mol. The van der Waals surface area contributed by atoms with Crippen LogP contribution >= 0.6 is 0 Å². The summed E-state index contributed by atoms with van der Waals surface area (Å²) in [5.41, 5.74) is 11.5. The maximum absolute atomic E-state index is 14.2. The van der Waals surface area contributed by atoms with Crippen molar-refractivity contribution >= 4 is 0 Å². The Morgan fingerprint density at radius 3 is 1.75 bits per heavy atom. The Bertz CT molecular complexity index is 2770. The van der Waals surface area contributed by atoms with Gasteiger partial charge in [0.05, 0.1) is 11.6 Å². The first-order valence-electron chi connectivity index (χ1n) is 18.1. The van der Waals surface area contributed by atoms with Crippen molar-refractivity contribution in [3.05, 3.63) is 181 Å². The third-order valence-electron chi connectivity index (χ3n) is 10.1. The molecule has 0 aliphatic carbocycles. The molecule has 0 unspecified atom stereocenters. The Kier molecular flexibility index (Phi) is 8.33. The average molecular weight is 713 g/mol. The molecule has 1 aliphatic rings. The van der Waals surface area contributed by atoms with E-state index in [-0.39, 0.29) is 5.82 Å². The van der Waals surface area contributed by atoms with Crippen LogP contribution in [0.15, 0.2) is 164 Å². The van der Waals surface area contributed by atoms with E-state index in [1.807, 2.05) is 54.6 Å². The zero-order valence-corrected chi connectivity index (χ0v) is 30.2. The second-order valence-corrected chi connectivity index (χ2v) is 14.1. The van der Waals surface area contributed by atoms with Gasteiger partial charge in [-0.25, -0.2) is 19.3 Å². The topological polar surface area (TPSA) is 71.7 Å². The Labute approximate surface area is 319 Å². The van der Waals surface area contributed by atoms with Crippen LogP contribution in [0.25, 0.3) is 78.7 Å². The Morgan fingerprint density at radius 2 is 1.00 bits per heavy atom. The highest BCUT2D eigenvalue weighted by Gasteiger charge is 2.32. The molecule has 1 aromatic heterocycles. The first-order chi connectivity index (χ1) is 26.8. The minimum atomic E-state index is -0.510. The number of benzene rings is 7. The van der Waals surface area contributed by atoms with Crippen LogP contribution in [0.2, 0.25) is 0 Å². The van der Waals surface area contributed by atoms with Gasteiger partial charge in [0.25, 0.3) is 0 Å². The van der Waals surface area contributed by atoms with Gasteiger partial charge >= 0.3 is 0 Å². The number of hydrogen-bond donors (Lipinski definition) is 0. The lowest BCUT2D eigenvalue weighted by atomic mass is 9.85. The van der Waals surface area contributed by atoms with E-state index >= 15 is 0 Å². The van der Waals surface area contributed by atoms with Gasteiger partial charge in [0.2, 0.25) is 0 Å². The number of ether oxygens (including phenoxy) is 1. The summed E-state index contributed by atoms with van der Waals surface area (Å²) in [6.45, 7) is 4.18. The molecule has 0 atom stereocenters. The molecule has 0 radical (unpaired) electrons. The lowest BCUT2D eigenvalue weighted by molar-refractivity contribution is 0.106. The van der Waals surface area contributed by atoms with E-state index in [1.165, 1.54) is 12.1 Å². The highest BCUT2D eigenvalue weighted by Crippen LogP contribution is 2.47. The number of aromatic nitrogens is 3. The van der Waals surface area contributed by atoms with Gasteiger partial charge in [-0.3, -0.25) is 0 Å². The fraction of sp³-hybridized carbons (Fsp3) is 0.0612. The summed E-state index contributed by atoms with van der Waals surface area (Å²) >= 11 is 0. The molecule has 7 aromatic carbocycles. The van der Waals surface area contributed by atoms with Gasteiger partial charge in [-0.1, -0.05) is 97.1 Å². The first-order valence-corrected chi connectivity index (χ1v) is 18.1. The van der Waals surface area contributed by atoms with Crippen LogP contribution in [-0.4, -0.2) is 15.0 Å². The van der Waals surface area contributed by atoms with Crippen molar-refractivity contribution in [1.82, 2.24) is 15.0 Å². The summed E-state index contributed by atoms with van der Waals surface area (Å²) in [6, 6.07) is 55.2. The molecule has 8 aromatic rings. The third-order valence-corrected chi connectivity index (χ3v) is 10.1. The lowest BCUT2D eigenvalue weighted by Gasteiger charge is -2.35. The van der Waals surface area contributed by atoms with E-state index in [4.69, 9.17) is 19.7 Å². The summed E-state index contributed by atoms with van der Waals surface area (Å²) in [4.78, 5) is 15.1. The summed E-state index contributed by atoms with van der Waals surface area (Å²) in [7, 11) is 0. The molecule has 0 bridgehead atoms. The number of fused-ring (bicyclic) bond motifs is 3. The van der Waals surface area contributed by atoms with E-state index in [2.05, 4.69) is 92.7 Å². The molecule has 0 saturated carbocycles. The number of nitrogens with zero attached hydrogens (tertiary/aromatic N) is 4. The van der Waals surface area contributed by atoms with Crippen molar-refractivity contribution in [1.29, 1.82) is 5.26 Å². The summed E-state index contributed by atoms with van der Waals surface area (Å²) in [5.74, 6) is 1.97. The van der Waals surface area contributed by atoms with E-state index in [9.17, 15) is 9.65 Å². The van der Waals surface area contributed by atoms with Gasteiger partial charge in [-0.05, 0) is 120 Å². The van der Waals surface area contributed by atoms with Crippen LogP contribution in [0.1, 0.15) is 25.0 Å². The second-order valence-electron chi connectivity index (χ2n) is 14.1. The average Bonchev–Trinajstić information content (AvgIpc) is 3.23. The van der Waals surface area contributed by atoms with Crippen molar-refractivity contribution in [2.75, 3.05) is 0 Å². The lowest BCUT2D eigenvalue weighted by Crippen LogP contribution is -2.29. The van der Waals surface area contributed by atoms with Crippen molar-refractivity contribution in [3.63, 3.8) is 0 Å². The second kappa shape index (κ2) is 13.6. The van der Waals surface area contributed by atoms with Crippen molar-refractivity contribution < 1.29 is 9.13 Å². The summed E-state index contributed by atoms with van der Waals surface area (Å²) in [6.07, 6.45) is 0. The van der Waals surface area contributed by atoms with Crippen molar-refractivity contribution in [2.45, 2.75) is 19.4 Å². The minimum Gasteiger partial charge on any atom is -0.482 e. The molecule has 6 heteroatoms. The molecule has 2 heterocycles. The number of halogens is 1. The molecule has 0 N–H and O–H groups in total. The Hall–Kier alpha value is -7.23. The smallest absolute Gasteiger partial charge is 0.164 e. The number of rotatable bonds is 6. The molecule has 0 amide bonds. The third kappa shape index (κ3) is 6.53. The van der Waals surface area contributed by atoms with Crippen LogP contribution in [0.3, 0.4) is 0 Å². The fourth-order valence-corrected chi connectivity index (χ4v) is 7.24. The van der Waals surface area contributed by atoms with E-state index in [1.54, 1.807) is 24.3 Å². The normalized spacial score (nSPS) is 12.5. The van der Waals surface area contributed by atoms with E-state index < -0.39 is 5.60 Å². The summed E-state index contributed by atoms with van der Waals surface area (Å²) < 4.78 is 20.8. The standard InChI is InChI=1S/C49H33FN4O/c1-49(2)44-14-7-6-13-42(44)43-24-21-36(29-45(43)55-49)39-26-38(33-19-22-41(50)23-20-33)27-40(28-39)48-53-46(34-17-15-31(30-51)16-18-34)52-47(54-48)37-12-8-11-35(25-37)32-9-4-3-5-10-32/h3-29H,1-2H3. The molecule has 0 fully saturated rings. The Morgan fingerprint density at radius 1 is 0.473 bits per heavy atom. The van der Waals surface area contributed by atoms with Crippen LogP contribution in [-0.2, 0) is 5.60 Å². The van der Waals surface area contributed by atoms with Gasteiger partial charge in [0.1, 0.15) is 17.2 Å². The Balaban J connectivity index is 1.23. The van der Waals surface area contributed by atoms with Crippen LogP contribution in [0.5, 0.6) is 5.75 Å². The SMILES string of the molecule is CC1(C)Oc2cc(-c3cc(-c4ccc(F)cc4)cc(-c4nc(-c5ccc(C#N)cc5)nc(-c5cccc(-c6ccccc6)c5)n4)c3)ccc2-c2ccccc21. The zero-order chi connectivity index (χ0) is 37.5. The monoisotopic (exact) mass is 712 g/mol. The van der Waals surface area contributed by atoms with Crippen LogP contribution in [0, 0.1) is 17.1 Å². The fourth-order valence-electron chi connectivity index (χ4n) is 7.24. The van der Waals surface area contributed by atoms with Crippen molar-refractivity contribution in [2.24, 2.45) is 0 Å².